The molecule has 0 atom stereocenters. The third kappa shape index (κ3) is 2.95. The molecule has 3 nitrogen and oxygen atoms in total. The molecule has 0 spiro atoms. The van der Waals surface area contributed by atoms with E-state index in [0.717, 1.165) is 22.1 Å². The van der Waals surface area contributed by atoms with Crippen LogP contribution in [0, 0.1) is 11.3 Å². The van der Waals surface area contributed by atoms with Crippen LogP contribution in [0.3, 0.4) is 0 Å². The summed E-state index contributed by atoms with van der Waals surface area (Å²) < 4.78 is 10.7. The number of nitriles is 1. The molecule has 0 N–H and O–H groups in total. The van der Waals surface area contributed by atoms with E-state index in [1.165, 1.54) is 5.39 Å². The van der Waals surface area contributed by atoms with Crippen LogP contribution < -0.4 is 9.47 Å². The van der Waals surface area contributed by atoms with Gasteiger partial charge in [0.25, 0.3) is 0 Å². The minimum atomic E-state index is 0.639. The average molecular weight is 315 g/mol. The number of rotatable bonds is 4. The third-order valence-electron chi connectivity index (χ3n) is 3.96. The van der Waals surface area contributed by atoms with E-state index in [1.54, 1.807) is 20.3 Å². The van der Waals surface area contributed by atoms with Crippen LogP contribution in [-0.2, 0) is 0 Å². The number of ether oxygens (including phenoxy) is 2. The molecule has 0 saturated heterocycles. The van der Waals surface area contributed by atoms with Gasteiger partial charge in [0.2, 0.25) is 0 Å². The van der Waals surface area contributed by atoms with E-state index in [2.05, 4.69) is 30.3 Å². The largest absolute Gasteiger partial charge is 0.493 e. The summed E-state index contributed by atoms with van der Waals surface area (Å²) in [7, 11) is 3.21. The van der Waals surface area contributed by atoms with Gasteiger partial charge in [-0.25, -0.2) is 0 Å². The summed E-state index contributed by atoms with van der Waals surface area (Å²) in [4.78, 5) is 0. The van der Waals surface area contributed by atoms with Crippen LogP contribution in [0.1, 0.15) is 11.1 Å². The quantitative estimate of drug-likeness (QED) is 0.649. The Morgan fingerprint density at radius 3 is 2.21 bits per heavy atom. The fraction of sp³-hybridized carbons (Fsp3) is 0.0952. The monoisotopic (exact) mass is 315 g/mol. The van der Waals surface area contributed by atoms with Crippen molar-refractivity contribution in [2.45, 2.75) is 0 Å². The van der Waals surface area contributed by atoms with Crippen LogP contribution in [0.5, 0.6) is 11.5 Å². The highest BCUT2D eigenvalue weighted by Crippen LogP contribution is 2.33. The maximum atomic E-state index is 9.22. The van der Waals surface area contributed by atoms with E-state index in [4.69, 9.17) is 9.47 Å². The predicted octanol–water partition coefficient (Wildman–Crippen LogP) is 4.81. The van der Waals surface area contributed by atoms with Gasteiger partial charge in [-0.3, -0.25) is 0 Å². The molecular formula is C21H17NO2. The molecule has 0 heterocycles. The maximum absolute atomic E-state index is 9.22. The second kappa shape index (κ2) is 6.89. The highest BCUT2D eigenvalue weighted by Gasteiger charge is 2.10. The molecule has 3 aromatic rings. The zero-order valence-electron chi connectivity index (χ0n) is 13.6. The summed E-state index contributed by atoms with van der Waals surface area (Å²) in [6.45, 7) is 0. The summed E-state index contributed by atoms with van der Waals surface area (Å²) in [5.41, 5.74) is 2.75. The van der Waals surface area contributed by atoms with Crippen molar-refractivity contribution in [2.75, 3.05) is 14.2 Å². The molecule has 0 aliphatic rings. The van der Waals surface area contributed by atoms with Crippen molar-refractivity contribution in [1.82, 2.24) is 0 Å². The van der Waals surface area contributed by atoms with E-state index >= 15 is 0 Å². The lowest BCUT2D eigenvalue weighted by molar-refractivity contribution is 0.355. The van der Waals surface area contributed by atoms with Crippen molar-refractivity contribution in [3.63, 3.8) is 0 Å². The Hall–Kier alpha value is -3.25. The smallest absolute Gasteiger partial charge is 0.161 e. The van der Waals surface area contributed by atoms with Gasteiger partial charge in [-0.15, -0.1) is 0 Å². The van der Waals surface area contributed by atoms with E-state index in [0.29, 0.717) is 11.5 Å². The lowest BCUT2D eigenvalue weighted by Gasteiger charge is -2.12. The molecule has 0 aliphatic heterocycles. The van der Waals surface area contributed by atoms with E-state index in [1.807, 2.05) is 36.4 Å². The summed E-state index contributed by atoms with van der Waals surface area (Å²) in [5, 5.41) is 11.5. The molecule has 24 heavy (non-hydrogen) atoms. The van der Waals surface area contributed by atoms with E-state index in [-0.39, 0.29) is 0 Å². The SMILES string of the molecule is COc1ccc(/C(=C/C#N)c2ccc3ccccc3c2)cc1OC. The summed E-state index contributed by atoms with van der Waals surface area (Å²) in [5.74, 6) is 1.30. The zero-order chi connectivity index (χ0) is 16.9. The predicted molar refractivity (Wildman–Crippen MR) is 96.2 cm³/mol. The lowest BCUT2D eigenvalue weighted by atomic mass is 9.95. The van der Waals surface area contributed by atoms with Crippen molar-refractivity contribution < 1.29 is 9.47 Å². The molecule has 0 radical (unpaired) electrons. The van der Waals surface area contributed by atoms with Gasteiger partial charge < -0.3 is 9.47 Å². The Balaban J connectivity index is 2.13. The van der Waals surface area contributed by atoms with Crippen molar-refractivity contribution in [3.05, 3.63) is 77.9 Å². The summed E-state index contributed by atoms with van der Waals surface area (Å²) in [6.07, 6.45) is 1.56. The standard InChI is InChI=1S/C21H17NO2/c1-23-20-10-9-18(14-21(20)24-2)19(11-12-22)17-8-7-15-5-3-4-6-16(15)13-17/h3-11,13-14H,1-2H3/b19-11+. The number of methoxy groups -OCH3 is 2. The van der Waals surface area contributed by atoms with Gasteiger partial charge in [-0.1, -0.05) is 42.5 Å². The normalized spacial score (nSPS) is 11.1. The average Bonchev–Trinajstić information content (AvgIpc) is 2.65. The molecule has 0 aromatic heterocycles. The summed E-state index contributed by atoms with van der Waals surface area (Å²) in [6, 6.07) is 22.2. The minimum Gasteiger partial charge on any atom is -0.493 e. The number of hydrogen-bond donors (Lipinski definition) is 0. The van der Waals surface area contributed by atoms with Crippen LogP contribution in [0.2, 0.25) is 0 Å². The van der Waals surface area contributed by atoms with Gasteiger partial charge >= 0.3 is 0 Å². The third-order valence-corrected chi connectivity index (χ3v) is 3.96. The molecule has 0 bridgehead atoms. The first-order valence-electron chi connectivity index (χ1n) is 7.58. The molecule has 0 fully saturated rings. The summed E-state index contributed by atoms with van der Waals surface area (Å²) >= 11 is 0. The fourth-order valence-electron chi connectivity index (χ4n) is 2.76. The zero-order valence-corrected chi connectivity index (χ0v) is 13.6. The number of hydrogen-bond acceptors (Lipinski definition) is 3. The number of fused-ring (bicyclic) bond motifs is 1. The Morgan fingerprint density at radius 1 is 0.833 bits per heavy atom. The Kier molecular flexibility index (Phi) is 4.49. The van der Waals surface area contributed by atoms with Crippen LogP contribution in [0.25, 0.3) is 16.3 Å². The maximum Gasteiger partial charge on any atom is 0.161 e. The molecule has 3 rings (SSSR count). The first kappa shape index (κ1) is 15.6. The number of allylic oxidation sites excluding steroid dienone is 1. The minimum absolute atomic E-state index is 0.639. The second-order valence-corrected chi connectivity index (χ2v) is 5.32. The van der Waals surface area contributed by atoms with Gasteiger partial charge in [-0.2, -0.15) is 5.26 Å². The molecule has 0 unspecified atom stereocenters. The fourth-order valence-corrected chi connectivity index (χ4v) is 2.76. The first-order chi connectivity index (χ1) is 11.8. The van der Waals surface area contributed by atoms with Gasteiger partial charge in [0.15, 0.2) is 11.5 Å². The molecule has 0 amide bonds. The molecule has 0 aliphatic carbocycles. The van der Waals surface area contributed by atoms with Crippen molar-refractivity contribution >= 4 is 16.3 Å². The second-order valence-electron chi connectivity index (χ2n) is 5.32. The first-order valence-corrected chi connectivity index (χ1v) is 7.58. The van der Waals surface area contributed by atoms with Crippen molar-refractivity contribution in [3.8, 4) is 17.6 Å². The Labute approximate surface area is 141 Å². The highest BCUT2D eigenvalue weighted by atomic mass is 16.5. The Morgan fingerprint density at radius 2 is 1.50 bits per heavy atom. The van der Waals surface area contributed by atoms with Crippen molar-refractivity contribution in [1.29, 1.82) is 5.26 Å². The van der Waals surface area contributed by atoms with Gasteiger partial charge in [-0.05, 0) is 45.7 Å². The van der Waals surface area contributed by atoms with Crippen LogP contribution in [-0.4, -0.2) is 14.2 Å². The van der Waals surface area contributed by atoms with Gasteiger partial charge in [0.1, 0.15) is 0 Å². The molecular weight excluding hydrogens is 298 g/mol. The van der Waals surface area contributed by atoms with Crippen molar-refractivity contribution in [2.24, 2.45) is 0 Å². The molecule has 3 aromatic carbocycles. The molecule has 3 heteroatoms. The Bertz CT molecular complexity index is 951. The van der Waals surface area contributed by atoms with Gasteiger partial charge in [0, 0.05) is 6.08 Å². The van der Waals surface area contributed by atoms with Gasteiger partial charge in [0.05, 0.1) is 20.3 Å². The van der Waals surface area contributed by atoms with Crippen LogP contribution in [0.15, 0.2) is 66.7 Å². The highest BCUT2D eigenvalue weighted by molar-refractivity contribution is 5.90. The number of benzene rings is 3. The molecule has 118 valence electrons. The molecule has 0 saturated carbocycles. The van der Waals surface area contributed by atoms with Crippen LogP contribution in [0.4, 0.5) is 0 Å². The van der Waals surface area contributed by atoms with E-state index < -0.39 is 0 Å². The lowest BCUT2D eigenvalue weighted by Crippen LogP contribution is -1.94. The van der Waals surface area contributed by atoms with E-state index in [9.17, 15) is 5.26 Å². The number of nitrogens with zero attached hydrogens (tertiary/aromatic N) is 1. The van der Waals surface area contributed by atoms with Crippen LogP contribution >= 0.6 is 0 Å². The topological polar surface area (TPSA) is 42.2 Å².